The fourth-order valence-electron chi connectivity index (χ4n) is 4.72. The Hall–Kier alpha value is -1.36. The molecular weight excluding hydrogens is 312 g/mol. The van der Waals surface area contributed by atoms with Gasteiger partial charge in [-0.15, -0.1) is 0 Å². The lowest BCUT2D eigenvalue weighted by Gasteiger charge is -2.36. The first kappa shape index (κ1) is 17.1. The zero-order chi connectivity index (χ0) is 17.1. The molecule has 2 saturated carbocycles. The van der Waals surface area contributed by atoms with Crippen molar-refractivity contribution in [3.8, 4) is 0 Å². The molecule has 0 unspecified atom stereocenters. The summed E-state index contributed by atoms with van der Waals surface area (Å²) in [7, 11) is 0. The zero-order valence-electron chi connectivity index (χ0n) is 15.3. The molecule has 1 aliphatic heterocycles. The van der Waals surface area contributed by atoms with Gasteiger partial charge in [-0.25, -0.2) is 0 Å². The Kier molecular flexibility index (Phi) is 5.11. The van der Waals surface area contributed by atoms with Crippen LogP contribution >= 0.6 is 0 Å². The van der Waals surface area contributed by atoms with Crippen molar-refractivity contribution in [1.29, 1.82) is 0 Å². The van der Waals surface area contributed by atoms with Crippen molar-refractivity contribution in [2.45, 2.75) is 70.4 Å². The number of nitrogens with zero attached hydrogens (tertiary/aromatic N) is 3. The van der Waals surface area contributed by atoms with Crippen LogP contribution in [0.2, 0.25) is 0 Å². The lowest BCUT2D eigenvalue weighted by molar-refractivity contribution is -0.128. The second-order valence-electron chi connectivity index (χ2n) is 8.56. The Balaban J connectivity index is 1.27. The molecule has 1 aromatic rings. The van der Waals surface area contributed by atoms with Gasteiger partial charge in [0.2, 0.25) is 5.91 Å². The number of nitrogens with one attached hydrogen (secondary N) is 1. The van der Waals surface area contributed by atoms with E-state index in [1.54, 1.807) is 6.20 Å². The van der Waals surface area contributed by atoms with E-state index >= 15 is 0 Å². The Labute approximate surface area is 151 Å². The molecule has 0 aromatic carbocycles. The van der Waals surface area contributed by atoms with Gasteiger partial charge in [-0.1, -0.05) is 19.3 Å². The number of piperidine rings is 1. The number of hydrogen-bond donors (Lipinski definition) is 1. The molecule has 0 spiro atoms. The van der Waals surface area contributed by atoms with E-state index in [1.807, 2.05) is 16.9 Å². The van der Waals surface area contributed by atoms with Crippen LogP contribution in [0.15, 0.2) is 18.5 Å². The minimum Gasteiger partial charge on any atom is -0.352 e. The molecule has 0 radical (unpaired) electrons. The number of likely N-dealkylation sites (tertiary alicyclic amines) is 1. The molecule has 1 saturated heterocycles. The van der Waals surface area contributed by atoms with Crippen LogP contribution in [-0.4, -0.2) is 46.3 Å². The summed E-state index contributed by atoms with van der Waals surface area (Å²) in [6.45, 7) is 4.22. The fraction of sp³-hybridized carbons (Fsp3) is 0.800. The zero-order valence-corrected chi connectivity index (χ0v) is 15.3. The Morgan fingerprint density at radius 3 is 2.72 bits per heavy atom. The van der Waals surface area contributed by atoms with Gasteiger partial charge in [-0.3, -0.25) is 9.48 Å². The van der Waals surface area contributed by atoms with Crippen molar-refractivity contribution in [3.05, 3.63) is 18.5 Å². The number of aromatic nitrogens is 2. The van der Waals surface area contributed by atoms with Gasteiger partial charge in [-0.2, -0.15) is 5.10 Å². The van der Waals surface area contributed by atoms with Crippen molar-refractivity contribution in [2.75, 3.05) is 19.6 Å². The molecule has 0 bridgehead atoms. The maximum absolute atomic E-state index is 12.8. The summed E-state index contributed by atoms with van der Waals surface area (Å²) >= 11 is 0. The van der Waals surface area contributed by atoms with Crippen LogP contribution in [0, 0.1) is 11.3 Å². The largest absolute Gasteiger partial charge is 0.352 e. The van der Waals surface area contributed by atoms with Crippen LogP contribution in [0.4, 0.5) is 0 Å². The third-order valence-electron chi connectivity index (χ3n) is 6.44. The van der Waals surface area contributed by atoms with Gasteiger partial charge in [0.25, 0.3) is 0 Å². The molecule has 5 nitrogen and oxygen atoms in total. The van der Waals surface area contributed by atoms with Gasteiger partial charge in [0, 0.05) is 31.5 Å². The minimum atomic E-state index is -0.197. The monoisotopic (exact) mass is 344 g/mol. The van der Waals surface area contributed by atoms with Crippen molar-refractivity contribution < 1.29 is 4.79 Å². The maximum Gasteiger partial charge on any atom is 0.228 e. The third-order valence-corrected chi connectivity index (χ3v) is 6.44. The van der Waals surface area contributed by atoms with Crippen LogP contribution < -0.4 is 5.32 Å². The Bertz CT molecular complexity index is 560. The number of carbonyl (C=O) groups excluding carboxylic acids is 1. The summed E-state index contributed by atoms with van der Waals surface area (Å²) in [5.74, 6) is 1.14. The first-order valence-electron chi connectivity index (χ1n) is 10.2. The lowest BCUT2D eigenvalue weighted by atomic mass is 9.88. The second kappa shape index (κ2) is 7.48. The average molecular weight is 345 g/mol. The molecule has 1 amide bonds. The summed E-state index contributed by atoms with van der Waals surface area (Å²) in [4.78, 5) is 15.5. The Morgan fingerprint density at radius 1 is 1.16 bits per heavy atom. The molecule has 1 aromatic heterocycles. The highest BCUT2D eigenvalue weighted by Gasteiger charge is 2.50. The smallest absolute Gasteiger partial charge is 0.228 e. The van der Waals surface area contributed by atoms with Crippen LogP contribution in [0.1, 0.15) is 57.8 Å². The summed E-state index contributed by atoms with van der Waals surface area (Å²) in [6.07, 6.45) is 15.1. The first-order chi connectivity index (χ1) is 12.2. The fourth-order valence-corrected chi connectivity index (χ4v) is 4.72. The van der Waals surface area contributed by atoms with Crippen LogP contribution in [0.5, 0.6) is 0 Å². The molecule has 2 aliphatic carbocycles. The van der Waals surface area contributed by atoms with Gasteiger partial charge in [-0.05, 0) is 57.1 Å². The van der Waals surface area contributed by atoms with Crippen LogP contribution in [-0.2, 0) is 11.3 Å². The lowest BCUT2D eigenvalue weighted by Crippen LogP contribution is -2.51. The van der Waals surface area contributed by atoms with E-state index < -0.39 is 0 Å². The van der Waals surface area contributed by atoms with E-state index in [2.05, 4.69) is 15.3 Å². The topological polar surface area (TPSA) is 50.2 Å². The van der Waals surface area contributed by atoms with E-state index in [-0.39, 0.29) is 11.3 Å². The quantitative estimate of drug-likeness (QED) is 0.863. The van der Waals surface area contributed by atoms with Gasteiger partial charge >= 0.3 is 0 Å². The molecule has 1 N–H and O–H groups in total. The van der Waals surface area contributed by atoms with E-state index in [4.69, 9.17) is 0 Å². The summed E-state index contributed by atoms with van der Waals surface area (Å²) in [5, 5.41) is 7.66. The molecule has 2 heterocycles. The molecule has 138 valence electrons. The molecular formula is C20H32N4O. The number of hydrogen-bond acceptors (Lipinski definition) is 3. The molecule has 25 heavy (non-hydrogen) atoms. The molecule has 1 atom stereocenters. The minimum absolute atomic E-state index is 0.197. The number of carbonyl (C=O) groups is 1. The maximum atomic E-state index is 12.8. The Morgan fingerprint density at radius 2 is 2.00 bits per heavy atom. The van der Waals surface area contributed by atoms with E-state index in [1.165, 1.54) is 51.6 Å². The van der Waals surface area contributed by atoms with E-state index in [0.717, 1.165) is 38.3 Å². The average Bonchev–Trinajstić information content (AvgIpc) is 3.22. The normalized spacial score (nSPS) is 27.1. The van der Waals surface area contributed by atoms with Crippen LogP contribution in [0.3, 0.4) is 0 Å². The van der Waals surface area contributed by atoms with E-state index in [9.17, 15) is 4.79 Å². The highest BCUT2D eigenvalue weighted by molar-refractivity contribution is 5.85. The number of rotatable bonds is 6. The van der Waals surface area contributed by atoms with Crippen molar-refractivity contribution in [1.82, 2.24) is 20.0 Å². The predicted octanol–water partition coefficient (Wildman–Crippen LogP) is 2.82. The molecule has 3 fully saturated rings. The second-order valence-corrected chi connectivity index (χ2v) is 8.56. The highest BCUT2D eigenvalue weighted by atomic mass is 16.2. The highest BCUT2D eigenvalue weighted by Crippen LogP contribution is 2.47. The van der Waals surface area contributed by atoms with Gasteiger partial charge < -0.3 is 10.2 Å². The van der Waals surface area contributed by atoms with Crippen molar-refractivity contribution in [3.63, 3.8) is 0 Å². The summed E-state index contributed by atoms with van der Waals surface area (Å²) in [6, 6.07) is 2.26. The molecule has 5 heteroatoms. The van der Waals surface area contributed by atoms with Gasteiger partial charge in [0.05, 0.1) is 12.0 Å². The standard InChI is InChI=1S/C20H32N4O/c25-19(20(9-10-20)16-24-13-5-11-21-24)22-18-8-4-12-23(15-18)14-17-6-2-1-3-7-17/h5,11,13,17-18H,1-4,6-10,12,14-16H2,(H,22,25)/t18-/m1/s1. The third kappa shape index (κ3) is 4.25. The van der Waals surface area contributed by atoms with E-state index in [0.29, 0.717) is 6.04 Å². The predicted molar refractivity (Wildman–Crippen MR) is 98.1 cm³/mol. The van der Waals surface area contributed by atoms with Crippen molar-refractivity contribution >= 4 is 5.91 Å². The van der Waals surface area contributed by atoms with Crippen molar-refractivity contribution in [2.24, 2.45) is 11.3 Å². The number of amides is 1. The summed E-state index contributed by atoms with van der Waals surface area (Å²) in [5.41, 5.74) is -0.197. The SMILES string of the molecule is O=C(N[C@@H]1CCCN(CC2CCCCC2)C1)C1(Cn2cccn2)CC1. The molecule has 4 rings (SSSR count). The van der Waals surface area contributed by atoms with Gasteiger partial charge in [0.15, 0.2) is 0 Å². The summed E-state index contributed by atoms with van der Waals surface area (Å²) < 4.78 is 1.91. The van der Waals surface area contributed by atoms with Gasteiger partial charge in [0.1, 0.15) is 0 Å². The molecule has 3 aliphatic rings. The van der Waals surface area contributed by atoms with Crippen LogP contribution in [0.25, 0.3) is 0 Å². The first-order valence-corrected chi connectivity index (χ1v) is 10.2.